The van der Waals surface area contributed by atoms with Gasteiger partial charge in [0.2, 0.25) is 5.11 Å². The molecule has 0 unspecified atom stereocenters. The molecule has 26 heavy (non-hydrogen) atoms. The summed E-state index contributed by atoms with van der Waals surface area (Å²) in [7, 11) is 0. The second-order valence-corrected chi connectivity index (χ2v) is 6.31. The number of hydrazine groups is 1. The van der Waals surface area contributed by atoms with Crippen LogP contribution in [0.2, 0.25) is 0 Å². The summed E-state index contributed by atoms with van der Waals surface area (Å²) in [5.74, 6) is 0. The van der Waals surface area contributed by atoms with E-state index < -0.39 is 0 Å². The van der Waals surface area contributed by atoms with Gasteiger partial charge in [0.1, 0.15) is 0 Å². The first-order valence-electron chi connectivity index (χ1n) is 8.20. The van der Waals surface area contributed by atoms with E-state index in [2.05, 4.69) is 59.1 Å². The molecule has 0 bridgehead atoms. The van der Waals surface area contributed by atoms with Crippen LogP contribution in [-0.2, 0) is 0 Å². The molecule has 0 heterocycles. The maximum atomic E-state index is 7.18. The van der Waals surface area contributed by atoms with Gasteiger partial charge in [0.25, 0.3) is 0 Å². The van der Waals surface area contributed by atoms with E-state index in [-0.39, 0.29) is 5.11 Å². The third kappa shape index (κ3) is 3.12. The zero-order valence-corrected chi connectivity index (χ0v) is 14.7. The van der Waals surface area contributed by atoms with Crippen LogP contribution in [0.25, 0.3) is 21.5 Å². The standard InChI is InChI=1S/C21H16N4S/c22-23-21(26)24-25(19-11-9-15-5-1-3-7-17(15)13-19)20-12-10-16-6-2-4-8-18(16)14-20/h1-14,22H,(H,24,26). The van der Waals surface area contributed by atoms with Crippen molar-refractivity contribution in [2.45, 2.75) is 0 Å². The highest BCUT2D eigenvalue weighted by Crippen LogP contribution is 2.29. The highest BCUT2D eigenvalue weighted by Gasteiger charge is 2.12. The summed E-state index contributed by atoms with van der Waals surface area (Å²) in [5, 5.41) is 9.90. The molecule has 0 aliphatic rings. The smallest absolute Gasteiger partial charge is 0.232 e. The third-order valence-corrected chi connectivity index (χ3v) is 4.47. The Balaban J connectivity index is 1.84. The average Bonchev–Trinajstić information content (AvgIpc) is 2.71. The largest absolute Gasteiger partial charge is 0.266 e. The van der Waals surface area contributed by atoms with Crippen molar-refractivity contribution in [2.24, 2.45) is 5.11 Å². The molecule has 4 aromatic rings. The number of nitrogens with zero attached hydrogens (tertiary/aromatic N) is 2. The Morgan fingerprint density at radius 3 is 1.65 bits per heavy atom. The van der Waals surface area contributed by atoms with Crippen LogP contribution >= 0.6 is 12.2 Å². The number of nitrogens with one attached hydrogen (secondary N) is 2. The zero-order valence-electron chi connectivity index (χ0n) is 13.9. The molecule has 0 saturated heterocycles. The van der Waals surface area contributed by atoms with E-state index in [4.69, 9.17) is 17.7 Å². The molecule has 0 fully saturated rings. The highest BCUT2D eigenvalue weighted by molar-refractivity contribution is 7.80. The maximum absolute atomic E-state index is 7.18. The lowest BCUT2D eigenvalue weighted by molar-refractivity contribution is 0.923. The van der Waals surface area contributed by atoms with Crippen LogP contribution < -0.4 is 10.4 Å². The van der Waals surface area contributed by atoms with Crippen LogP contribution in [0.4, 0.5) is 11.4 Å². The summed E-state index contributed by atoms with van der Waals surface area (Å²) in [6.45, 7) is 0. The molecule has 0 aromatic heterocycles. The quantitative estimate of drug-likeness (QED) is 0.271. The number of fused-ring (bicyclic) bond motifs is 2. The molecule has 0 aliphatic carbocycles. The molecule has 2 N–H and O–H groups in total. The van der Waals surface area contributed by atoms with E-state index >= 15 is 0 Å². The highest BCUT2D eigenvalue weighted by atomic mass is 32.1. The molecule has 5 heteroatoms. The SMILES string of the molecule is N=NC(=S)NN(c1ccc2ccccc2c1)c1ccc2ccccc2c1. The summed E-state index contributed by atoms with van der Waals surface area (Å²) in [5.41, 5.74) is 12.1. The summed E-state index contributed by atoms with van der Waals surface area (Å²) >= 11 is 5.12. The zero-order chi connectivity index (χ0) is 17.9. The number of hydrogen-bond acceptors (Lipinski definition) is 3. The Morgan fingerprint density at radius 2 is 1.19 bits per heavy atom. The van der Waals surface area contributed by atoms with Crippen molar-refractivity contribution in [3.05, 3.63) is 84.9 Å². The van der Waals surface area contributed by atoms with Crippen LogP contribution in [0, 0.1) is 5.53 Å². The van der Waals surface area contributed by atoms with Gasteiger partial charge in [-0.05, 0) is 58.0 Å². The molecule has 0 atom stereocenters. The molecule has 4 rings (SSSR count). The minimum Gasteiger partial charge on any atom is -0.266 e. The molecule has 0 aliphatic heterocycles. The first kappa shape index (κ1) is 16.2. The molecular weight excluding hydrogens is 340 g/mol. The van der Waals surface area contributed by atoms with Gasteiger partial charge >= 0.3 is 0 Å². The lowest BCUT2D eigenvalue weighted by Gasteiger charge is -2.26. The van der Waals surface area contributed by atoms with Crippen LogP contribution in [0.15, 0.2) is 90.0 Å². The van der Waals surface area contributed by atoms with E-state index in [0.29, 0.717) is 0 Å². The summed E-state index contributed by atoms with van der Waals surface area (Å²) in [6.07, 6.45) is 0. The van der Waals surface area contributed by atoms with Gasteiger partial charge in [0.05, 0.1) is 11.4 Å². The predicted octanol–water partition coefficient (Wildman–Crippen LogP) is 5.95. The van der Waals surface area contributed by atoms with Crippen molar-refractivity contribution in [1.82, 2.24) is 5.43 Å². The molecule has 0 saturated carbocycles. The number of anilines is 2. The first-order chi connectivity index (χ1) is 12.7. The summed E-state index contributed by atoms with van der Waals surface area (Å²) in [6, 6.07) is 28.8. The van der Waals surface area contributed by atoms with Crippen LogP contribution in [0.3, 0.4) is 0 Å². The summed E-state index contributed by atoms with van der Waals surface area (Å²) in [4.78, 5) is 0. The van der Waals surface area contributed by atoms with Gasteiger partial charge < -0.3 is 0 Å². The van der Waals surface area contributed by atoms with Crippen LogP contribution in [-0.4, -0.2) is 5.11 Å². The fraction of sp³-hybridized carbons (Fsp3) is 0. The minimum atomic E-state index is 0.103. The first-order valence-corrected chi connectivity index (χ1v) is 8.61. The lowest BCUT2D eigenvalue weighted by Crippen LogP contribution is -2.36. The van der Waals surface area contributed by atoms with Gasteiger partial charge in [0.15, 0.2) is 0 Å². The Hall–Kier alpha value is -3.31. The normalized spacial score (nSPS) is 10.6. The second-order valence-electron chi connectivity index (χ2n) is 5.93. The van der Waals surface area contributed by atoms with Crippen molar-refractivity contribution in [3.8, 4) is 0 Å². The fourth-order valence-electron chi connectivity index (χ4n) is 3.03. The minimum absolute atomic E-state index is 0.103. The molecule has 0 amide bonds. The molecule has 126 valence electrons. The van der Waals surface area contributed by atoms with Gasteiger partial charge in [-0.2, -0.15) is 0 Å². The van der Waals surface area contributed by atoms with Gasteiger partial charge in [-0.3, -0.25) is 10.4 Å². The van der Waals surface area contributed by atoms with Crippen molar-refractivity contribution in [1.29, 1.82) is 5.53 Å². The molecule has 0 radical (unpaired) electrons. The fourth-order valence-corrected chi connectivity index (χ4v) is 3.12. The van der Waals surface area contributed by atoms with E-state index in [0.717, 1.165) is 22.1 Å². The monoisotopic (exact) mass is 356 g/mol. The number of benzene rings is 4. The van der Waals surface area contributed by atoms with Crippen molar-refractivity contribution in [3.63, 3.8) is 0 Å². The van der Waals surface area contributed by atoms with Crippen LogP contribution in [0.5, 0.6) is 0 Å². The topological polar surface area (TPSA) is 51.5 Å². The van der Waals surface area contributed by atoms with Gasteiger partial charge in [-0.1, -0.05) is 60.7 Å². The van der Waals surface area contributed by atoms with E-state index in [9.17, 15) is 0 Å². The molecular formula is C21H16N4S. The maximum Gasteiger partial charge on any atom is 0.232 e. The Kier molecular flexibility index (Phi) is 4.29. The predicted molar refractivity (Wildman–Crippen MR) is 111 cm³/mol. The Morgan fingerprint density at radius 1 is 0.731 bits per heavy atom. The number of rotatable bonds is 3. The van der Waals surface area contributed by atoms with E-state index in [1.165, 1.54) is 10.8 Å². The summed E-state index contributed by atoms with van der Waals surface area (Å²) < 4.78 is 0. The average molecular weight is 356 g/mol. The Bertz CT molecular complexity index is 1040. The van der Waals surface area contributed by atoms with Crippen molar-refractivity contribution in [2.75, 3.05) is 5.01 Å². The van der Waals surface area contributed by atoms with Crippen molar-refractivity contribution >= 4 is 50.2 Å². The van der Waals surface area contributed by atoms with E-state index in [1.807, 2.05) is 41.4 Å². The number of hydrogen-bond donors (Lipinski definition) is 2. The Labute approximate surface area is 156 Å². The van der Waals surface area contributed by atoms with Gasteiger partial charge in [-0.25, -0.2) is 5.53 Å². The number of thiocarbonyl (C=S) groups is 1. The van der Waals surface area contributed by atoms with Gasteiger partial charge in [-0.15, -0.1) is 5.11 Å². The third-order valence-electron chi connectivity index (χ3n) is 4.29. The lowest BCUT2D eigenvalue weighted by atomic mass is 10.1. The molecule has 0 spiro atoms. The van der Waals surface area contributed by atoms with E-state index in [1.54, 1.807) is 0 Å². The van der Waals surface area contributed by atoms with Crippen molar-refractivity contribution < 1.29 is 0 Å². The molecule has 4 nitrogen and oxygen atoms in total. The second kappa shape index (κ2) is 6.90. The van der Waals surface area contributed by atoms with Crippen LogP contribution in [0.1, 0.15) is 0 Å². The van der Waals surface area contributed by atoms with Gasteiger partial charge in [0, 0.05) is 0 Å². The molecule has 4 aromatic carbocycles.